The molecule has 2 heteroatoms. The van der Waals surface area contributed by atoms with E-state index < -0.39 is 0 Å². The molecule has 2 nitrogen and oxygen atoms in total. The van der Waals surface area contributed by atoms with E-state index in [1.807, 2.05) is 18.3 Å². The van der Waals surface area contributed by atoms with Crippen LogP contribution in [0, 0.1) is 0 Å². The van der Waals surface area contributed by atoms with Crippen molar-refractivity contribution >= 4 is 0 Å². The molecular formula is C9H15NO. The fourth-order valence-corrected chi connectivity index (χ4v) is 1.19. The molecule has 0 spiro atoms. The van der Waals surface area contributed by atoms with Gasteiger partial charge in [0, 0.05) is 17.9 Å². The average Bonchev–Trinajstić information content (AvgIpc) is 2.50. The number of rotatable bonds is 3. The zero-order valence-electron chi connectivity index (χ0n) is 7.12. The SMILES string of the molecule is CCC(C)n1cccc1CO. The minimum absolute atomic E-state index is 0.136. The van der Waals surface area contributed by atoms with Crippen LogP contribution in [0.4, 0.5) is 0 Å². The third-order valence-corrected chi connectivity index (χ3v) is 2.09. The fraction of sp³-hybridized carbons (Fsp3) is 0.556. The quantitative estimate of drug-likeness (QED) is 0.705. The van der Waals surface area contributed by atoms with Crippen LogP contribution in [0.25, 0.3) is 0 Å². The van der Waals surface area contributed by atoms with Crippen molar-refractivity contribution in [1.29, 1.82) is 0 Å². The van der Waals surface area contributed by atoms with Gasteiger partial charge in [0.1, 0.15) is 0 Å². The molecule has 11 heavy (non-hydrogen) atoms. The van der Waals surface area contributed by atoms with Crippen molar-refractivity contribution in [3.05, 3.63) is 24.0 Å². The molecule has 0 bridgehead atoms. The summed E-state index contributed by atoms with van der Waals surface area (Å²) in [6.45, 7) is 4.43. The molecule has 0 amide bonds. The van der Waals surface area contributed by atoms with Crippen LogP contribution in [-0.2, 0) is 6.61 Å². The van der Waals surface area contributed by atoms with Gasteiger partial charge in [-0.05, 0) is 25.5 Å². The van der Waals surface area contributed by atoms with Crippen molar-refractivity contribution in [3.8, 4) is 0 Å². The molecule has 0 radical (unpaired) electrons. The Morgan fingerprint density at radius 2 is 2.36 bits per heavy atom. The number of aliphatic hydroxyl groups excluding tert-OH is 1. The molecule has 1 aromatic rings. The van der Waals surface area contributed by atoms with Gasteiger partial charge in [0.05, 0.1) is 6.61 Å². The second-order valence-electron chi connectivity index (χ2n) is 2.82. The molecule has 1 N–H and O–H groups in total. The molecule has 1 atom stereocenters. The van der Waals surface area contributed by atoms with Gasteiger partial charge in [0.15, 0.2) is 0 Å². The maximum Gasteiger partial charge on any atom is 0.0832 e. The fourth-order valence-electron chi connectivity index (χ4n) is 1.19. The Morgan fingerprint density at radius 1 is 1.64 bits per heavy atom. The summed E-state index contributed by atoms with van der Waals surface area (Å²) in [6.07, 6.45) is 3.11. The van der Waals surface area contributed by atoms with Crippen molar-refractivity contribution in [2.75, 3.05) is 0 Å². The van der Waals surface area contributed by atoms with E-state index in [1.54, 1.807) is 0 Å². The standard InChI is InChI=1S/C9H15NO/c1-3-8(2)10-6-4-5-9(10)7-11/h4-6,8,11H,3,7H2,1-2H3. The maximum atomic E-state index is 8.93. The summed E-state index contributed by atoms with van der Waals surface area (Å²) in [6, 6.07) is 4.41. The number of hydrogen-bond donors (Lipinski definition) is 1. The topological polar surface area (TPSA) is 25.2 Å². The van der Waals surface area contributed by atoms with Crippen molar-refractivity contribution < 1.29 is 5.11 Å². The molecule has 0 aliphatic heterocycles. The Balaban J connectivity index is 2.83. The molecule has 0 saturated carbocycles. The van der Waals surface area contributed by atoms with Gasteiger partial charge in [-0.2, -0.15) is 0 Å². The molecule has 0 saturated heterocycles. The molecule has 0 fully saturated rings. The van der Waals surface area contributed by atoms with Gasteiger partial charge in [-0.15, -0.1) is 0 Å². The van der Waals surface area contributed by atoms with E-state index in [4.69, 9.17) is 5.11 Å². The highest BCUT2D eigenvalue weighted by Crippen LogP contribution is 2.13. The minimum Gasteiger partial charge on any atom is -0.390 e. The summed E-state index contributed by atoms with van der Waals surface area (Å²) in [5.74, 6) is 0. The summed E-state index contributed by atoms with van der Waals surface area (Å²) in [5.41, 5.74) is 0.999. The summed E-state index contributed by atoms with van der Waals surface area (Å²) in [5, 5.41) is 8.93. The number of hydrogen-bond acceptors (Lipinski definition) is 1. The zero-order valence-corrected chi connectivity index (χ0v) is 7.12. The van der Waals surface area contributed by atoms with E-state index in [9.17, 15) is 0 Å². The highest BCUT2D eigenvalue weighted by molar-refractivity contribution is 5.06. The Labute approximate surface area is 67.5 Å². The summed E-state index contributed by atoms with van der Waals surface area (Å²) >= 11 is 0. The molecule has 1 unspecified atom stereocenters. The van der Waals surface area contributed by atoms with Crippen molar-refractivity contribution in [1.82, 2.24) is 4.57 Å². The first-order valence-corrected chi connectivity index (χ1v) is 4.06. The van der Waals surface area contributed by atoms with Crippen LogP contribution < -0.4 is 0 Å². The lowest BCUT2D eigenvalue weighted by atomic mass is 10.2. The van der Waals surface area contributed by atoms with Crippen molar-refractivity contribution in [2.45, 2.75) is 32.9 Å². The summed E-state index contributed by atoms with van der Waals surface area (Å²) in [7, 11) is 0. The van der Waals surface area contributed by atoms with Crippen LogP contribution in [0.3, 0.4) is 0 Å². The first-order chi connectivity index (χ1) is 5.29. The lowest BCUT2D eigenvalue weighted by molar-refractivity contribution is 0.266. The van der Waals surface area contributed by atoms with Gasteiger partial charge in [-0.25, -0.2) is 0 Å². The van der Waals surface area contributed by atoms with Gasteiger partial charge in [0.25, 0.3) is 0 Å². The van der Waals surface area contributed by atoms with E-state index in [2.05, 4.69) is 18.4 Å². The first kappa shape index (κ1) is 8.34. The molecule has 1 aromatic heterocycles. The second kappa shape index (κ2) is 3.58. The van der Waals surface area contributed by atoms with Crippen LogP contribution in [-0.4, -0.2) is 9.67 Å². The minimum atomic E-state index is 0.136. The van der Waals surface area contributed by atoms with E-state index in [1.165, 1.54) is 0 Å². The molecular weight excluding hydrogens is 138 g/mol. The van der Waals surface area contributed by atoms with Gasteiger partial charge in [-0.1, -0.05) is 6.92 Å². The third-order valence-electron chi connectivity index (χ3n) is 2.09. The van der Waals surface area contributed by atoms with Gasteiger partial charge in [0.2, 0.25) is 0 Å². The Hall–Kier alpha value is -0.760. The van der Waals surface area contributed by atoms with Crippen LogP contribution in [0.15, 0.2) is 18.3 Å². The molecule has 0 aliphatic carbocycles. The lowest BCUT2D eigenvalue weighted by Gasteiger charge is -2.13. The van der Waals surface area contributed by atoms with Crippen LogP contribution in [0.5, 0.6) is 0 Å². The highest BCUT2D eigenvalue weighted by atomic mass is 16.3. The van der Waals surface area contributed by atoms with E-state index in [0.29, 0.717) is 6.04 Å². The lowest BCUT2D eigenvalue weighted by Crippen LogP contribution is -2.06. The highest BCUT2D eigenvalue weighted by Gasteiger charge is 2.04. The Bertz CT molecular complexity index is 217. The van der Waals surface area contributed by atoms with Crippen molar-refractivity contribution in [2.24, 2.45) is 0 Å². The first-order valence-electron chi connectivity index (χ1n) is 4.06. The molecule has 62 valence electrons. The molecule has 0 aliphatic rings. The number of nitrogens with zero attached hydrogens (tertiary/aromatic N) is 1. The van der Waals surface area contributed by atoms with Gasteiger partial charge < -0.3 is 9.67 Å². The normalized spacial score (nSPS) is 13.4. The summed E-state index contributed by atoms with van der Waals surface area (Å²) in [4.78, 5) is 0. The smallest absolute Gasteiger partial charge is 0.0832 e. The largest absolute Gasteiger partial charge is 0.390 e. The van der Waals surface area contributed by atoms with E-state index in [0.717, 1.165) is 12.1 Å². The number of aromatic nitrogens is 1. The van der Waals surface area contributed by atoms with Gasteiger partial charge in [-0.3, -0.25) is 0 Å². The predicted molar refractivity (Wildman–Crippen MR) is 45.4 cm³/mol. The van der Waals surface area contributed by atoms with Crippen LogP contribution >= 0.6 is 0 Å². The zero-order chi connectivity index (χ0) is 8.27. The third kappa shape index (κ3) is 1.63. The van der Waals surface area contributed by atoms with Crippen LogP contribution in [0.2, 0.25) is 0 Å². The Kier molecular flexibility index (Phi) is 2.71. The summed E-state index contributed by atoms with van der Waals surface area (Å²) < 4.78 is 2.11. The number of aliphatic hydroxyl groups is 1. The van der Waals surface area contributed by atoms with E-state index >= 15 is 0 Å². The predicted octanol–water partition coefficient (Wildman–Crippen LogP) is 1.95. The molecule has 1 rings (SSSR count). The average molecular weight is 153 g/mol. The van der Waals surface area contributed by atoms with Crippen LogP contribution in [0.1, 0.15) is 32.0 Å². The molecule has 0 aromatic carbocycles. The van der Waals surface area contributed by atoms with Crippen molar-refractivity contribution in [3.63, 3.8) is 0 Å². The van der Waals surface area contributed by atoms with Gasteiger partial charge >= 0.3 is 0 Å². The Morgan fingerprint density at radius 3 is 2.91 bits per heavy atom. The second-order valence-corrected chi connectivity index (χ2v) is 2.82. The monoisotopic (exact) mass is 153 g/mol. The molecule has 1 heterocycles. The maximum absolute atomic E-state index is 8.93. The van der Waals surface area contributed by atoms with E-state index in [-0.39, 0.29) is 6.61 Å².